The number of nitrogens with one attached hydrogen (secondary N) is 2. The van der Waals surface area contributed by atoms with Crippen molar-refractivity contribution in [3.8, 4) is 0 Å². The van der Waals surface area contributed by atoms with Crippen molar-refractivity contribution < 1.29 is 63.8 Å². The molecule has 0 atom stereocenters. The van der Waals surface area contributed by atoms with Crippen LogP contribution in [0.1, 0.15) is 166 Å². The molecule has 7 N–H and O–H groups in total. The van der Waals surface area contributed by atoms with Gasteiger partial charge in [0.15, 0.2) is 34.0 Å². The second kappa shape index (κ2) is 34.2. The normalized spacial score (nSPS) is 21.5. The number of nitrogen functional groups attached to an aromatic ring is 1. The van der Waals surface area contributed by atoms with E-state index in [1.165, 1.54) is 60.1 Å². The number of aromatic nitrogens is 15. The Morgan fingerprint density at radius 1 is 0.509 bits per heavy atom. The fourth-order valence-corrected chi connectivity index (χ4v) is 14.2. The lowest BCUT2D eigenvalue weighted by Crippen LogP contribution is -2.44. The summed E-state index contributed by atoms with van der Waals surface area (Å²) in [4.78, 5) is 75.3. The number of alkyl halides is 6. The molecule has 0 unspecified atom stereocenters. The van der Waals surface area contributed by atoms with Crippen LogP contribution in [0, 0.1) is 17.8 Å². The molecule has 15 rings (SSSR count). The predicted octanol–water partition coefficient (Wildman–Crippen LogP) is 7.94. The third-order valence-electron chi connectivity index (χ3n) is 20.9. The number of aromatic carboxylic acids is 1. The molecular weight excluding hydrogens is 1390 g/mol. The number of aliphatic hydroxyl groups excluding tert-OH is 2. The smallest absolute Gasteiger partial charge is 0.341 e. The number of anilines is 6. The number of halogens is 6. The van der Waals surface area contributed by atoms with Crippen LogP contribution in [-0.4, -0.2) is 240 Å². The summed E-state index contributed by atoms with van der Waals surface area (Å²) in [5.41, 5.74) is 5.92. The van der Waals surface area contributed by atoms with Crippen molar-refractivity contribution in [1.29, 1.82) is 0 Å². The Morgan fingerprint density at radius 2 is 0.830 bits per heavy atom. The zero-order chi connectivity index (χ0) is 76.9. The number of aldehydes is 1. The molecular formula is C69H92F6N24O7. The summed E-state index contributed by atoms with van der Waals surface area (Å²) in [6.07, 6.45) is 15.9. The van der Waals surface area contributed by atoms with Crippen LogP contribution in [0.15, 0.2) is 74.0 Å². The predicted molar refractivity (Wildman–Crippen MR) is 382 cm³/mol. The van der Waals surface area contributed by atoms with E-state index in [-0.39, 0.29) is 82.6 Å². The number of aliphatic hydroxyl groups is 2. The van der Waals surface area contributed by atoms with Gasteiger partial charge in [0.05, 0.1) is 53.8 Å². The molecule has 572 valence electrons. The summed E-state index contributed by atoms with van der Waals surface area (Å²) in [7, 11) is 6.23. The van der Waals surface area contributed by atoms with Crippen LogP contribution in [0.25, 0.3) is 16.9 Å². The first-order valence-corrected chi connectivity index (χ1v) is 35.9. The maximum absolute atomic E-state index is 13.8. The first kappa shape index (κ1) is 74.4. The standard InChI is InChI=1S/C23H30F2N8O2.C23H28F2N8O2.C12H15N5O2.C11H17F2N3O.H2/c2*1-30-8-10-31(11-9-30)19-6-7-32-22(28-19)17(12-26-32)23(35)27-18-13-33(29-20(18)21(24)25)16-4-2-15(14-34)3-5-16;1-15-4-6-16(7-5-15)10-2-3-17-11(14-10)9(8-13-17)12(18)19;12-11(13)10-9(14)5-16(15-10)8-3-1-7(6-17)2-4-8;/h6-7,12-13,15-16,21,34H,2-5,8-11,14H2,1H3,(H,27,35);6-7,12-16,21H,2-5,8-11H2,1H3,(H,27,35);2-3,8H,4-7H2,1H3,(H,18,19);5,7-8,11,17H,1-4,6,14H2;1H/i;;;;1+2D. The number of hydrogen-bond acceptors (Lipinski definition) is 22. The van der Waals surface area contributed by atoms with Crippen LogP contribution in [0.4, 0.5) is 60.9 Å². The van der Waals surface area contributed by atoms with E-state index in [0.29, 0.717) is 48.5 Å². The molecule has 9 aromatic heterocycles. The first-order valence-electron chi connectivity index (χ1n) is 36.9. The van der Waals surface area contributed by atoms with Crippen molar-refractivity contribution in [3.63, 3.8) is 0 Å². The minimum Gasteiger partial charge on any atom is -0.477 e. The van der Waals surface area contributed by atoms with E-state index >= 15 is 0 Å². The van der Waals surface area contributed by atoms with Gasteiger partial charge in [0, 0.05) is 138 Å². The van der Waals surface area contributed by atoms with Crippen LogP contribution in [0.5, 0.6) is 0 Å². The molecule has 0 bridgehead atoms. The molecule has 6 aliphatic rings. The molecule has 12 heterocycles. The average molecular weight is 1490 g/mol. The SMILES string of the molecule is CN1CCN(c2ccn3ncc(C(=O)Nc4cn(C5CCC(C=O)CC5)nc4C(F)F)c3n2)CC1.CN1CCN(c2ccn3ncc(C(=O)Nc4cn(C5CCC(CO)CC5)nc4C(F)F)c3n2)CC1.CN1CCN(c2ccn3ncc(C(=O)O)c3n2)CC1.Nc1cn(C2CCC(CO)CC2)nc1C(F)F.[2H][3H]. The second-order valence-electron chi connectivity index (χ2n) is 28.0. The summed E-state index contributed by atoms with van der Waals surface area (Å²) in [5.74, 6) is 0.758. The molecule has 6 fully saturated rings. The van der Waals surface area contributed by atoms with Gasteiger partial charge in [-0.1, -0.05) is 0 Å². The van der Waals surface area contributed by atoms with Crippen LogP contribution in [0.2, 0.25) is 0 Å². The maximum atomic E-state index is 13.8. The van der Waals surface area contributed by atoms with Gasteiger partial charge in [-0.05, 0) is 128 Å². The summed E-state index contributed by atoms with van der Waals surface area (Å²) >= 11 is 0. The molecule has 3 saturated carbocycles. The van der Waals surface area contributed by atoms with Crippen molar-refractivity contribution in [2.24, 2.45) is 17.8 Å². The number of carboxylic acids is 1. The lowest BCUT2D eigenvalue weighted by Gasteiger charge is -2.33. The van der Waals surface area contributed by atoms with Crippen molar-refractivity contribution in [2.75, 3.05) is 144 Å². The summed E-state index contributed by atoms with van der Waals surface area (Å²) in [6, 6.07) is 5.59. The van der Waals surface area contributed by atoms with Crippen LogP contribution in [-0.2, 0) is 4.79 Å². The van der Waals surface area contributed by atoms with E-state index in [2.05, 4.69) is 107 Å². The highest BCUT2D eigenvalue weighted by Crippen LogP contribution is 2.38. The molecule has 3 aliphatic carbocycles. The van der Waals surface area contributed by atoms with E-state index in [0.717, 1.165) is 154 Å². The van der Waals surface area contributed by atoms with Gasteiger partial charge >= 0.3 is 5.97 Å². The number of rotatable bonds is 17. The minimum atomic E-state index is -2.84. The van der Waals surface area contributed by atoms with Crippen molar-refractivity contribution in [2.45, 2.75) is 114 Å². The molecule has 2 amide bonds. The molecule has 0 aromatic carbocycles. The quantitative estimate of drug-likeness (QED) is 0.0372. The number of hydrogen-bond donors (Lipinski definition) is 6. The molecule has 3 saturated heterocycles. The van der Waals surface area contributed by atoms with Crippen LogP contribution < -0.4 is 31.1 Å². The summed E-state index contributed by atoms with van der Waals surface area (Å²) < 4.78 is 99.2. The lowest BCUT2D eigenvalue weighted by atomic mass is 9.87. The Morgan fingerprint density at radius 3 is 1.15 bits per heavy atom. The molecule has 31 nitrogen and oxygen atoms in total. The summed E-state index contributed by atoms with van der Waals surface area (Å²) in [5, 5.41) is 57.1. The van der Waals surface area contributed by atoms with Gasteiger partial charge in [0.25, 0.3) is 31.1 Å². The lowest BCUT2D eigenvalue weighted by molar-refractivity contribution is -0.112. The highest BCUT2D eigenvalue weighted by atomic mass is 19.3. The number of carbonyl (C=O) groups excluding carboxylic acids is 3. The van der Waals surface area contributed by atoms with Gasteiger partial charge in [-0.2, -0.15) is 30.6 Å². The van der Waals surface area contributed by atoms with Crippen molar-refractivity contribution in [1.82, 2.24) is 87.8 Å². The Hall–Kier alpha value is -9.85. The number of nitrogens with two attached hydrogens (primary N) is 1. The minimum absolute atomic E-state index is 0.00872. The van der Waals surface area contributed by atoms with Gasteiger partial charge < -0.3 is 65.9 Å². The van der Waals surface area contributed by atoms with Gasteiger partial charge in [-0.15, -0.1) is 0 Å². The molecule has 106 heavy (non-hydrogen) atoms. The average Bonchev–Trinajstić information content (AvgIpc) is 1.63. The molecule has 37 heteroatoms. The van der Waals surface area contributed by atoms with E-state index in [9.17, 15) is 50.6 Å². The molecule has 0 spiro atoms. The zero-order valence-corrected chi connectivity index (χ0v) is 59.3. The number of nitrogens with zero attached hydrogens (tertiary/aromatic N) is 21. The van der Waals surface area contributed by atoms with Crippen LogP contribution >= 0.6 is 0 Å². The second-order valence-corrected chi connectivity index (χ2v) is 28.0. The Kier molecular flexibility index (Phi) is 24.0. The number of carbonyl (C=O) groups is 4. The van der Waals surface area contributed by atoms with Crippen LogP contribution in [0.3, 0.4) is 0 Å². The zero-order valence-electron chi connectivity index (χ0n) is 61.3. The monoisotopic (exact) mass is 1490 g/mol. The van der Waals surface area contributed by atoms with Gasteiger partial charge in [-0.3, -0.25) is 23.6 Å². The first-order chi connectivity index (χ1) is 52.1. The highest BCUT2D eigenvalue weighted by Gasteiger charge is 2.32. The van der Waals surface area contributed by atoms with Crippen molar-refractivity contribution >= 4 is 75.5 Å². The summed E-state index contributed by atoms with van der Waals surface area (Å²) in [6.45, 7) is 11.1. The number of fused-ring (bicyclic) bond motifs is 3. The topological polar surface area (TPSA) is 343 Å². The number of amides is 2. The van der Waals surface area contributed by atoms with E-state index in [1.807, 2.05) is 18.2 Å². The largest absolute Gasteiger partial charge is 0.477 e. The van der Waals surface area contributed by atoms with E-state index in [4.69, 9.17) is 18.9 Å². The Labute approximate surface area is 609 Å². The fourth-order valence-electron chi connectivity index (χ4n) is 14.2. The highest BCUT2D eigenvalue weighted by molar-refractivity contribution is 6.09. The molecule has 3 aliphatic heterocycles. The number of carboxylic acid groups (broad SMARTS) is 1. The van der Waals surface area contributed by atoms with Gasteiger partial charge in [-0.25, -0.2) is 59.6 Å². The van der Waals surface area contributed by atoms with E-state index < -0.39 is 48.4 Å². The Balaban J connectivity index is 0.000000149. The van der Waals surface area contributed by atoms with E-state index in [1.54, 1.807) is 23.3 Å². The third kappa shape index (κ3) is 17.8. The van der Waals surface area contributed by atoms with Gasteiger partial charge in [0.1, 0.15) is 40.4 Å². The van der Waals surface area contributed by atoms with Crippen molar-refractivity contribution in [3.05, 3.63) is 108 Å². The third-order valence-corrected chi connectivity index (χ3v) is 20.9. The number of piperazine rings is 3. The maximum Gasteiger partial charge on any atom is 0.341 e. The fraction of sp³-hybridized carbons (Fsp3) is 0.551. The Bertz CT molecular complexity index is 4450. The number of likely N-dealkylation sites (N-methyl/N-ethyl adjacent to an activating group) is 3. The van der Waals surface area contributed by atoms with Gasteiger partial charge in [0.2, 0.25) is 0 Å². The molecule has 0 radical (unpaired) electrons. The molecule has 9 aromatic rings.